The summed E-state index contributed by atoms with van der Waals surface area (Å²) in [6.07, 6.45) is 2.65. The molecule has 0 fully saturated rings. The molecule has 0 saturated carbocycles. The van der Waals surface area contributed by atoms with E-state index in [1.54, 1.807) is 6.08 Å². The first-order chi connectivity index (χ1) is 12.2. The Kier molecular flexibility index (Phi) is 5.30. The second-order valence-electron chi connectivity index (χ2n) is 6.40. The number of halogens is 1. The molecule has 3 aromatic carbocycles. The van der Waals surface area contributed by atoms with Crippen molar-refractivity contribution in [2.75, 3.05) is 0 Å². The highest BCUT2D eigenvalue weighted by Gasteiger charge is 2.37. The molecule has 0 aliphatic rings. The number of hydrogen-bond donors (Lipinski definition) is 0. The van der Waals surface area contributed by atoms with E-state index in [2.05, 4.69) is 43.8 Å². The van der Waals surface area contributed by atoms with Gasteiger partial charge in [-0.05, 0) is 34.0 Å². The number of benzene rings is 3. The van der Waals surface area contributed by atoms with Crippen molar-refractivity contribution >= 4 is 24.5 Å². The molecule has 0 unspecified atom stereocenters. The van der Waals surface area contributed by atoms with Crippen LogP contribution in [0.4, 0.5) is 4.39 Å². The number of rotatable bonds is 5. The molecule has 126 valence electrons. The molecule has 0 heterocycles. The lowest BCUT2D eigenvalue weighted by Gasteiger charge is -2.27. The minimum atomic E-state index is -2.63. The molecule has 0 aliphatic carbocycles. The topological polar surface area (TPSA) is 0 Å². The lowest BCUT2D eigenvalue weighted by atomic mass is 10.1. The molecule has 0 aliphatic heterocycles. The van der Waals surface area contributed by atoms with Gasteiger partial charge >= 0.3 is 0 Å². The van der Waals surface area contributed by atoms with E-state index >= 15 is 4.39 Å². The summed E-state index contributed by atoms with van der Waals surface area (Å²) in [5.74, 6) is 0. The van der Waals surface area contributed by atoms with Gasteiger partial charge in [0.15, 0.2) is 8.07 Å². The molecule has 0 saturated heterocycles. The summed E-state index contributed by atoms with van der Waals surface area (Å²) < 4.78 is 15.7. The van der Waals surface area contributed by atoms with Crippen LogP contribution in [0.15, 0.2) is 90.4 Å². The van der Waals surface area contributed by atoms with E-state index in [1.165, 1.54) is 5.56 Å². The van der Waals surface area contributed by atoms with E-state index in [4.69, 9.17) is 0 Å². The van der Waals surface area contributed by atoms with Crippen molar-refractivity contribution in [2.45, 2.75) is 19.9 Å². The van der Waals surface area contributed by atoms with Crippen LogP contribution < -0.4 is 10.4 Å². The smallest absolute Gasteiger partial charge is 0.181 e. The SMILES string of the molecule is CCc1ccccc1/C=C(\F)[Si](C)(c1ccccc1)c1ccccc1. The van der Waals surface area contributed by atoms with E-state index in [0.29, 0.717) is 0 Å². The van der Waals surface area contributed by atoms with Gasteiger partial charge < -0.3 is 0 Å². The Morgan fingerprint density at radius 1 is 0.800 bits per heavy atom. The van der Waals surface area contributed by atoms with Crippen molar-refractivity contribution < 1.29 is 4.39 Å². The van der Waals surface area contributed by atoms with E-state index < -0.39 is 8.07 Å². The molecular weight excluding hydrogens is 323 g/mol. The van der Waals surface area contributed by atoms with Crippen LogP contribution in [0.5, 0.6) is 0 Å². The Morgan fingerprint density at radius 2 is 1.28 bits per heavy atom. The Bertz CT molecular complexity index is 814. The third-order valence-electron chi connectivity index (χ3n) is 4.90. The summed E-state index contributed by atoms with van der Waals surface area (Å²) in [5.41, 5.74) is 2.15. The first-order valence-electron chi connectivity index (χ1n) is 8.73. The second-order valence-corrected chi connectivity index (χ2v) is 10.3. The Hall–Kier alpha value is -2.45. The zero-order chi connectivity index (χ0) is 17.7. The van der Waals surface area contributed by atoms with Gasteiger partial charge in [0.05, 0.1) is 5.45 Å². The summed E-state index contributed by atoms with van der Waals surface area (Å²) >= 11 is 0. The Labute approximate surface area is 150 Å². The molecule has 3 rings (SSSR count). The van der Waals surface area contributed by atoms with Gasteiger partial charge in [-0.15, -0.1) is 0 Å². The van der Waals surface area contributed by atoms with Crippen LogP contribution >= 0.6 is 0 Å². The molecule has 0 spiro atoms. The summed E-state index contributed by atoms with van der Waals surface area (Å²) in [5, 5.41) is 2.17. The zero-order valence-electron chi connectivity index (χ0n) is 14.7. The van der Waals surface area contributed by atoms with Crippen molar-refractivity contribution in [1.29, 1.82) is 0 Å². The van der Waals surface area contributed by atoms with Crippen molar-refractivity contribution in [3.05, 3.63) is 102 Å². The zero-order valence-corrected chi connectivity index (χ0v) is 15.7. The Morgan fingerprint density at radius 3 is 1.80 bits per heavy atom. The van der Waals surface area contributed by atoms with Gasteiger partial charge in [-0.2, -0.15) is 0 Å². The van der Waals surface area contributed by atoms with Crippen LogP contribution in [0.25, 0.3) is 6.08 Å². The second kappa shape index (κ2) is 7.62. The lowest BCUT2D eigenvalue weighted by molar-refractivity contribution is 0.692. The van der Waals surface area contributed by atoms with Crippen LogP contribution in [-0.4, -0.2) is 8.07 Å². The van der Waals surface area contributed by atoms with Crippen molar-refractivity contribution in [3.8, 4) is 0 Å². The normalized spacial score (nSPS) is 12.2. The van der Waals surface area contributed by atoms with Crippen LogP contribution in [0.2, 0.25) is 6.55 Å². The van der Waals surface area contributed by atoms with E-state index in [0.717, 1.165) is 22.4 Å². The number of aryl methyl sites for hydroxylation is 1. The maximum absolute atomic E-state index is 15.7. The van der Waals surface area contributed by atoms with Gasteiger partial charge in [0.2, 0.25) is 0 Å². The molecular formula is C23H23FSi. The predicted octanol–water partition coefficient (Wildman–Crippen LogP) is 4.99. The quantitative estimate of drug-likeness (QED) is 0.571. The molecule has 0 aromatic heterocycles. The molecule has 0 amide bonds. The predicted molar refractivity (Wildman–Crippen MR) is 109 cm³/mol. The molecule has 0 N–H and O–H groups in total. The van der Waals surface area contributed by atoms with Gasteiger partial charge in [0.1, 0.15) is 0 Å². The maximum Gasteiger partial charge on any atom is 0.181 e. The molecule has 0 radical (unpaired) electrons. The summed E-state index contributed by atoms with van der Waals surface area (Å²) in [6, 6.07) is 28.2. The maximum atomic E-state index is 15.7. The van der Waals surface area contributed by atoms with Crippen molar-refractivity contribution in [3.63, 3.8) is 0 Å². The molecule has 2 heteroatoms. The average Bonchev–Trinajstić information content (AvgIpc) is 2.69. The fourth-order valence-electron chi connectivity index (χ4n) is 3.26. The van der Waals surface area contributed by atoms with E-state index in [9.17, 15) is 0 Å². The van der Waals surface area contributed by atoms with Crippen LogP contribution in [0, 0.1) is 0 Å². The first kappa shape index (κ1) is 17.4. The van der Waals surface area contributed by atoms with E-state index in [1.807, 2.05) is 54.6 Å². The molecule has 0 nitrogen and oxygen atoms in total. The molecule has 25 heavy (non-hydrogen) atoms. The summed E-state index contributed by atoms with van der Waals surface area (Å²) in [7, 11) is -2.63. The average molecular weight is 347 g/mol. The number of hydrogen-bond acceptors (Lipinski definition) is 0. The fraction of sp³-hybridized carbons (Fsp3) is 0.130. The molecule has 0 atom stereocenters. The van der Waals surface area contributed by atoms with Gasteiger partial charge in [-0.25, -0.2) is 4.39 Å². The Balaban J connectivity index is 2.17. The minimum Gasteiger partial charge on any atom is -0.216 e. The first-order valence-corrected chi connectivity index (χ1v) is 11.2. The largest absolute Gasteiger partial charge is 0.216 e. The molecule has 3 aromatic rings. The van der Waals surface area contributed by atoms with E-state index in [-0.39, 0.29) is 5.45 Å². The third-order valence-corrected chi connectivity index (χ3v) is 8.97. The van der Waals surface area contributed by atoms with Crippen molar-refractivity contribution in [2.24, 2.45) is 0 Å². The van der Waals surface area contributed by atoms with Gasteiger partial charge in [-0.3, -0.25) is 0 Å². The summed E-state index contributed by atoms with van der Waals surface area (Å²) in [4.78, 5) is 0. The van der Waals surface area contributed by atoms with Crippen LogP contribution in [0.1, 0.15) is 18.1 Å². The van der Waals surface area contributed by atoms with Gasteiger partial charge in [0.25, 0.3) is 0 Å². The summed E-state index contributed by atoms with van der Waals surface area (Å²) in [6.45, 7) is 4.20. The minimum absolute atomic E-state index is 0.00852. The van der Waals surface area contributed by atoms with Gasteiger partial charge in [0, 0.05) is 0 Å². The highest BCUT2D eigenvalue weighted by atomic mass is 28.3. The van der Waals surface area contributed by atoms with Gasteiger partial charge in [-0.1, -0.05) is 98.4 Å². The highest BCUT2D eigenvalue weighted by molar-refractivity contribution is 7.06. The van der Waals surface area contributed by atoms with Crippen molar-refractivity contribution in [1.82, 2.24) is 0 Å². The van der Waals surface area contributed by atoms with Crippen LogP contribution in [0.3, 0.4) is 0 Å². The molecule has 0 bridgehead atoms. The highest BCUT2D eigenvalue weighted by Crippen LogP contribution is 2.22. The lowest BCUT2D eigenvalue weighted by Crippen LogP contribution is -2.56. The van der Waals surface area contributed by atoms with Crippen LogP contribution in [-0.2, 0) is 6.42 Å². The third kappa shape index (κ3) is 3.49. The standard InChI is InChI=1S/C23H23FSi/c1-3-19-12-10-11-13-20(19)18-23(24)25(2,21-14-6-4-7-15-21)22-16-8-5-9-17-22/h4-18H,3H2,1-2H3/b23-18+. The monoisotopic (exact) mass is 346 g/mol. The fourth-order valence-corrected chi connectivity index (χ4v) is 6.31.